The first kappa shape index (κ1) is 21.9. The Bertz CT molecular complexity index is 1110. The number of ketones is 2. The molecule has 0 fully saturated rings. The lowest BCUT2D eigenvalue weighted by atomic mass is 9.87. The quantitative estimate of drug-likeness (QED) is 0.172. The number of allylic oxidation sites excluding steroid dienone is 1. The van der Waals surface area contributed by atoms with Crippen molar-refractivity contribution in [3.8, 4) is 11.5 Å². The van der Waals surface area contributed by atoms with Crippen LogP contribution in [0.5, 0.6) is 11.5 Å². The molecule has 10 heteroatoms. The normalized spacial score (nSPS) is 15.0. The first-order valence-electron chi connectivity index (χ1n) is 10.5. The van der Waals surface area contributed by atoms with Gasteiger partial charge in [0.2, 0.25) is 11.6 Å². The van der Waals surface area contributed by atoms with Crippen LogP contribution in [0.2, 0.25) is 0 Å². The maximum absolute atomic E-state index is 12.8. The number of benzene rings is 2. The molecule has 7 N–H and O–H groups in total. The van der Waals surface area contributed by atoms with E-state index in [2.05, 4.69) is 16.0 Å². The number of anilines is 3. The highest BCUT2D eigenvalue weighted by Crippen LogP contribution is 2.52. The van der Waals surface area contributed by atoms with Gasteiger partial charge in [-0.2, -0.15) is 0 Å². The zero-order valence-electron chi connectivity index (χ0n) is 17.4. The minimum absolute atomic E-state index is 0.00571. The molecule has 0 bridgehead atoms. The highest BCUT2D eigenvalue weighted by atomic mass is 16.3. The summed E-state index contributed by atoms with van der Waals surface area (Å²) in [5.74, 6) is -2.08. The zero-order valence-corrected chi connectivity index (χ0v) is 17.4. The molecule has 10 nitrogen and oxygen atoms in total. The van der Waals surface area contributed by atoms with E-state index in [1.807, 2.05) is 4.90 Å². The number of carbonyl (C=O) groups excluding carboxylic acids is 2. The van der Waals surface area contributed by atoms with Crippen LogP contribution in [0.1, 0.15) is 15.9 Å². The van der Waals surface area contributed by atoms with Gasteiger partial charge in [0.05, 0.1) is 24.5 Å². The van der Waals surface area contributed by atoms with E-state index in [0.29, 0.717) is 67.3 Å². The van der Waals surface area contributed by atoms with Gasteiger partial charge in [0.15, 0.2) is 11.5 Å². The molecular weight excluding hydrogens is 416 g/mol. The molecule has 0 spiro atoms. The fourth-order valence-electron chi connectivity index (χ4n) is 4.30. The van der Waals surface area contributed by atoms with Crippen LogP contribution in [0.15, 0.2) is 12.1 Å². The molecule has 2 aromatic rings. The first-order valence-corrected chi connectivity index (χ1v) is 10.5. The Labute approximate surface area is 184 Å². The Balaban J connectivity index is 1.94. The number of carbonyl (C=O) groups is 2. The van der Waals surface area contributed by atoms with Crippen molar-refractivity contribution in [1.82, 2.24) is 5.32 Å². The van der Waals surface area contributed by atoms with E-state index in [1.54, 1.807) is 6.07 Å². The van der Waals surface area contributed by atoms with E-state index in [0.717, 1.165) is 6.08 Å². The Kier molecular flexibility index (Phi) is 6.17. The summed E-state index contributed by atoms with van der Waals surface area (Å²) in [6.45, 7) is 2.70. The molecule has 32 heavy (non-hydrogen) atoms. The summed E-state index contributed by atoms with van der Waals surface area (Å²) in [5.41, 5.74) is 1.88. The van der Waals surface area contributed by atoms with Gasteiger partial charge in [-0.25, -0.2) is 0 Å². The molecule has 0 saturated heterocycles. The molecule has 170 valence electrons. The molecule has 0 aromatic heterocycles. The standard InChI is InChI=1S/C22H26N4O6/c27-9-6-23-3-4-24-14-11-13-16(12-1-2-15(29)20(30)17(12)14)21(31)22(32)18-19(13)26(8-10-28)7-5-25-18/h1-2,11,23-25,27-28,31-32H,3-10H2. The fraction of sp³-hybridized carbons (Fsp3) is 0.364. The number of phenolic OH excluding ortho intramolecular Hbond substituents is 2. The lowest BCUT2D eigenvalue weighted by Crippen LogP contribution is -2.36. The molecule has 0 atom stereocenters. The van der Waals surface area contributed by atoms with Gasteiger partial charge in [0.25, 0.3) is 0 Å². The van der Waals surface area contributed by atoms with E-state index in [9.17, 15) is 24.9 Å². The molecule has 1 heterocycles. The molecule has 1 aliphatic carbocycles. The number of phenols is 2. The maximum Gasteiger partial charge on any atom is 0.235 e. The van der Waals surface area contributed by atoms with E-state index < -0.39 is 11.6 Å². The summed E-state index contributed by atoms with van der Waals surface area (Å²) >= 11 is 0. The third kappa shape index (κ3) is 3.62. The lowest BCUT2D eigenvalue weighted by Gasteiger charge is -2.34. The summed E-state index contributed by atoms with van der Waals surface area (Å²) in [4.78, 5) is 26.8. The number of nitrogens with zero attached hydrogens (tertiary/aromatic N) is 1. The van der Waals surface area contributed by atoms with Gasteiger partial charge < -0.3 is 41.3 Å². The highest BCUT2D eigenvalue weighted by Gasteiger charge is 2.32. The van der Waals surface area contributed by atoms with Crippen molar-refractivity contribution in [3.63, 3.8) is 0 Å². The number of Topliss-reactive ketones (excluding diaryl/α,β-unsaturated/α-hetero) is 1. The van der Waals surface area contributed by atoms with Crippen LogP contribution in [0.3, 0.4) is 0 Å². The van der Waals surface area contributed by atoms with E-state index in [-0.39, 0.29) is 35.7 Å². The molecule has 1 aliphatic heterocycles. The fourth-order valence-corrected chi connectivity index (χ4v) is 4.30. The topological polar surface area (TPSA) is 154 Å². The number of aliphatic hydroxyl groups excluding tert-OH is 2. The zero-order chi connectivity index (χ0) is 22.8. The molecule has 2 aromatic carbocycles. The number of β-amino-alcohol motifs (C(OH)–C–C–N with tert-alkyl or cyclic N) is 1. The lowest BCUT2D eigenvalue weighted by molar-refractivity contribution is -0.110. The smallest absolute Gasteiger partial charge is 0.235 e. The molecule has 0 amide bonds. The Morgan fingerprint density at radius 2 is 1.84 bits per heavy atom. The predicted octanol–water partition coefficient (Wildman–Crippen LogP) is 0.248. The Morgan fingerprint density at radius 1 is 1.03 bits per heavy atom. The number of aromatic hydroxyl groups is 2. The number of nitrogens with one attached hydrogen (secondary N) is 3. The SMILES string of the molecule is O=C1C=Cc2c(c(NCCNCCO)cc3c4c(c(O)c(O)c23)NCCN4CCO)C1=O. The summed E-state index contributed by atoms with van der Waals surface area (Å²) in [6.07, 6.45) is 2.64. The number of fused-ring (bicyclic) bond motifs is 5. The monoisotopic (exact) mass is 442 g/mol. The Morgan fingerprint density at radius 3 is 2.59 bits per heavy atom. The minimum atomic E-state index is -0.697. The van der Waals surface area contributed by atoms with Gasteiger partial charge >= 0.3 is 0 Å². The molecule has 0 radical (unpaired) electrons. The van der Waals surface area contributed by atoms with Crippen LogP contribution in [0, 0.1) is 0 Å². The second-order valence-corrected chi connectivity index (χ2v) is 7.62. The van der Waals surface area contributed by atoms with Crippen LogP contribution >= 0.6 is 0 Å². The average molecular weight is 442 g/mol. The maximum atomic E-state index is 12.8. The highest BCUT2D eigenvalue weighted by molar-refractivity contribution is 6.51. The second-order valence-electron chi connectivity index (χ2n) is 7.62. The van der Waals surface area contributed by atoms with Gasteiger partial charge in [0, 0.05) is 55.7 Å². The van der Waals surface area contributed by atoms with Gasteiger partial charge in [-0.1, -0.05) is 0 Å². The van der Waals surface area contributed by atoms with Crippen molar-refractivity contribution in [2.24, 2.45) is 0 Å². The largest absolute Gasteiger partial charge is 0.504 e. The van der Waals surface area contributed by atoms with Gasteiger partial charge in [-0.3, -0.25) is 9.59 Å². The summed E-state index contributed by atoms with van der Waals surface area (Å²) in [7, 11) is 0. The predicted molar refractivity (Wildman–Crippen MR) is 122 cm³/mol. The number of hydrogen-bond donors (Lipinski definition) is 7. The van der Waals surface area contributed by atoms with Crippen molar-refractivity contribution in [3.05, 3.63) is 23.3 Å². The van der Waals surface area contributed by atoms with Crippen LogP contribution in [-0.4, -0.2) is 84.5 Å². The van der Waals surface area contributed by atoms with Gasteiger partial charge in [-0.15, -0.1) is 0 Å². The average Bonchev–Trinajstić information content (AvgIpc) is 2.79. The van der Waals surface area contributed by atoms with Crippen LogP contribution in [-0.2, 0) is 4.79 Å². The van der Waals surface area contributed by atoms with Crippen molar-refractivity contribution >= 4 is 45.5 Å². The number of rotatable bonds is 8. The molecule has 2 aliphatic rings. The molecule has 4 rings (SSSR count). The van der Waals surface area contributed by atoms with Crippen molar-refractivity contribution < 1.29 is 30.0 Å². The van der Waals surface area contributed by atoms with Gasteiger partial charge in [0.1, 0.15) is 5.69 Å². The van der Waals surface area contributed by atoms with Gasteiger partial charge in [-0.05, 0) is 23.8 Å². The molecule has 0 saturated carbocycles. The van der Waals surface area contributed by atoms with E-state index in [1.165, 1.54) is 6.08 Å². The van der Waals surface area contributed by atoms with Crippen molar-refractivity contribution in [1.29, 1.82) is 0 Å². The third-order valence-corrected chi connectivity index (χ3v) is 5.68. The number of hydrogen-bond acceptors (Lipinski definition) is 10. The van der Waals surface area contributed by atoms with E-state index >= 15 is 0 Å². The third-order valence-electron chi connectivity index (χ3n) is 5.68. The minimum Gasteiger partial charge on any atom is -0.504 e. The first-order chi connectivity index (χ1) is 15.5. The molecular formula is C22H26N4O6. The number of aliphatic hydroxyl groups is 2. The van der Waals surface area contributed by atoms with Crippen LogP contribution < -0.4 is 20.9 Å². The van der Waals surface area contributed by atoms with Crippen molar-refractivity contribution in [2.75, 3.05) is 68.0 Å². The second kappa shape index (κ2) is 9.03. The van der Waals surface area contributed by atoms with Crippen LogP contribution in [0.25, 0.3) is 16.8 Å². The summed E-state index contributed by atoms with van der Waals surface area (Å²) in [6, 6.07) is 1.69. The Hall–Kier alpha value is -3.34. The summed E-state index contributed by atoms with van der Waals surface area (Å²) in [5, 5.41) is 50.2. The van der Waals surface area contributed by atoms with Crippen LogP contribution in [0.4, 0.5) is 17.1 Å². The van der Waals surface area contributed by atoms with Crippen molar-refractivity contribution in [2.45, 2.75) is 0 Å². The molecule has 0 unspecified atom stereocenters. The van der Waals surface area contributed by atoms with E-state index in [4.69, 9.17) is 5.11 Å². The summed E-state index contributed by atoms with van der Waals surface area (Å²) < 4.78 is 0.